The molecule has 4 heteroatoms. The summed E-state index contributed by atoms with van der Waals surface area (Å²) in [4.78, 5) is 2.35. The molecule has 1 aromatic rings. The van der Waals surface area contributed by atoms with Crippen LogP contribution in [0.4, 0.5) is 5.82 Å². The fraction of sp³-hybridized carbons (Fsp3) is 0.700. The third-order valence-electron chi connectivity index (χ3n) is 2.85. The lowest BCUT2D eigenvalue weighted by Crippen LogP contribution is -2.44. The zero-order valence-corrected chi connectivity index (χ0v) is 8.93. The summed E-state index contributed by atoms with van der Waals surface area (Å²) in [5.74, 6) is 1.14. The first kappa shape index (κ1) is 9.52. The Hall–Kier alpha value is -1.03. The highest BCUT2D eigenvalue weighted by Crippen LogP contribution is 2.20. The van der Waals surface area contributed by atoms with Crippen LogP contribution in [0.1, 0.15) is 18.2 Å². The van der Waals surface area contributed by atoms with Crippen LogP contribution in [-0.2, 0) is 6.42 Å². The molecule has 0 bridgehead atoms. The molecule has 0 aromatic carbocycles. The topological polar surface area (TPSA) is 44.0 Å². The van der Waals surface area contributed by atoms with Gasteiger partial charge in [-0.15, -0.1) is 0 Å². The lowest BCUT2D eigenvalue weighted by Gasteiger charge is -2.27. The molecule has 1 aliphatic rings. The maximum absolute atomic E-state index is 4.38. The molecule has 1 aromatic heterocycles. The van der Waals surface area contributed by atoms with Crippen LogP contribution in [0.15, 0.2) is 0 Å². The normalized spacial score (nSPS) is 17.4. The van der Waals surface area contributed by atoms with Gasteiger partial charge < -0.3 is 10.2 Å². The molecule has 0 saturated carbocycles. The van der Waals surface area contributed by atoms with Gasteiger partial charge in [0.05, 0.1) is 0 Å². The minimum Gasteiger partial charge on any atom is -0.352 e. The van der Waals surface area contributed by atoms with E-state index >= 15 is 0 Å². The Morgan fingerprint density at radius 3 is 2.64 bits per heavy atom. The van der Waals surface area contributed by atoms with Crippen molar-refractivity contribution in [2.45, 2.75) is 20.3 Å². The number of H-pyrrole nitrogens is 1. The van der Waals surface area contributed by atoms with E-state index in [0.717, 1.165) is 38.4 Å². The Kier molecular flexibility index (Phi) is 2.72. The van der Waals surface area contributed by atoms with Crippen molar-refractivity contribution < 1.29 is 0 Å². The number of aromatic amines is 1. The van der Waals surface area contributed by atoms with E-state index in [-0.39, 0.29) is 0 Å². The quantitative estimate of drug-likeness (QED) is 0.728. The third kappa shape index (κ3) is 1.62. The molecule has 78 valence electrons. The molecule has 0 spiro atoms. The smallest absolute Gasteiger partial charge is 0.153 e. The predicted molar refractivity (Wildman–Crippen MR) is 57.8 cm³/mol. The van der Waals surface area contributed by atoms with Crippen LogP contribution in [0.3, 0.4) is 0 Å². The standard InChI is InChI=1S/C10H18N4/c1-3-9-8(2)10(13-12-9)14-6-4-11-5-7-14/h11H,3-7H2,1-2H3,(H,12,13). The molecule has 14 heavy (non-hydrogen) atoms. The summed E-state index contributed by atoms with van der Waals surface area (Å²) in [5.41, 5.74) is 2.58. The summed E-state index contributed by atoms with van der Waals surface area (Å²) in [6, 6.07) is 0. The van der Waals surface area contributed by atoms with E-state index in [1.54, 1.807) is 0 Å². The van der Waals surface area contributed by atoms with Gasteiger partial charge in [0.1, 0.15) is 0 Å². The number of aryl methyl sites for hydroxylation is 1. The highest BCUT2D eigenvalue weighted by molar-refractivity contribution is 5.48. The Bertz CT molecular complexity index is 299. The van der Waals surface area contributed by atoms with E-state index in [0.29, 0.717) is 0 Å². The van der Waals surface area contributed by atoms with Crippen molar-refractivity contribution in [3.05, 3.63) is 11.3 Å². The zero-order chi connectivity index (χ0) is 9.97. The Morgan fingerprint density at radius 2 is 2.07 bits per heavy atom. The van der Waals surface area contributed by atoms with Crippen LogP contribution in [0, 0.1) is 6.92 Å². The molecule has 0 unspecified atom stereocenters. The summed E-state index contributed by atoms with van der Waals surface area (Å²) in [7, 11) is 0. The van der Waals surface area contributed by atoms with Crippen molar-refractivity contribution in [3.63, 3.8) is 0 Å². The summed E-state index contributed by atoms with van der Waals surface area (Å²) in [5, 5.41) is 10.8. The van der Waals surface area contributed by atoms with Crippen molar-refractivity contribution in [1.82, 2.24) is 15.5 Å². The summed E-state index contributed by atoms with van der Waals surface area (Å²) in [6.45, 7) is 8.56. The van der Waals surface area contributed by atoms with Crippen molar-refractivity contribution in [2.24, 2.45) is 0 Å². The zero-order valence-electron chi connectivity index (χ0n) is 8.93. The van der Waals surface area contributed by atoms with Crippen molar-refractivity contribution in [1.29, 1.82) is 0 Å². The van der Waals surface area contributed by atoms with Crippen LogP contribution in [0.2, 0.25) is 0 Å². The minimum atomic E-state index is 1.03. The van der Waals surface area contributed by atoms with Gasteiger partial charge in [0.25, 0.3) is 0 Å². The molecule has 4 nitrogen and oxygen atoms in total. The average molecular weight is 194 g/mol. The molecule has 0 aliphatic carbocycles. The molecule has 2 N–H and O–H groups in total. The van der Waals surface area contributed by atoms with Gasteiger partial charge in [-0.25, -0.2) is 0 Å². The van der Waals surface area contributed by atoms with E-state index in [2.05, 4.69) is 34.3 Å². The number of anilines is 1. The van der Waals surface area contributed by atoms with Crippen LogP contribution < -0.4 is 10.2 Å². The largest absolute Gasteiger partial charge is 0.352 e. The molecule has 0 radical (unpaired) electrons. The number of piperazine rings is 1. The highest BCUT2D eigenvalue weighted by Gasteiger charge is 2.16. The van der Waals surface area contributed by atoms with Crippen molar-refractivity contribution in [3.8, 4) is 0 Å². The lowest BCUT2D eigenvalue weighted by atomic mass is 10.2. The van der Waals surface area contributed by atoms with Crippen molar-refractivity contribution in [2.75, 3.05) is 31.1 Å². The van der Waals surface area contributed by atoms with Crippen LogP contribution in [-0.4, -0.2) is 36.4 Å². The summed E-state index contributed by atoms with van der Waals surface area (Å²) in [6.07, 6.45) is 1.03. The van der Waals surface area contributed by atoms with Gasteiger partial charge in [-0.3, -0.25) is 5.10 Å². The van der Waals surface area contributed by atoms with Gasteiger partial charge in [-0.1, -0.05) is 6.92 Å². The SMILES string of the molecule is CCc1[nH]nc(N2CCNCC2)c1C. The van der Waals surface area contributed by atoms with Gasteiger partial charge in [-0.2, -0.15) is 5.10 Å². The first-order valence-corrected chi connectivity index (χ1v) is 5.32. The van der Waals surface area contributed by atoms with Crippen LogP contribution in [0.25, 0.3) is 0 Å². The lowest BCUT2D eigenvalue weighted by molar-refractivity contribution is 0.584. The van der Waals surface area contributed by atoms with Gasteiger partial charge in [0.2, 0.25) is 0 Å². The Labute approximate surface area is 84.7 Å². The van der Waals surface area contributed by atoms with Crippen LogP contribution in [0.5, 0.6) is 0 Å². The molecule has 2 heterocycles. The fourth-order valence-corrected chi connectivity index (χ4v) is 1.95. The maximum Gasteiger partial charge on any atom is 0.153 e. The molecule has 0 atom stereocenters. The first-order chi connectivity index (χ1) is 6.83. The number of rotatable bonds is 2. The van der Waals surface area contributed by atoms with Crippen molar-refractivity contribution >= 4 is 5.82 Å². The summed E-state index contributed by atoms with van der Waals surface area (Å²) >= 11 is 0. The molecule has 1 aliphatic heterocycles. The maximum atomic E-state index is 4.38. The van der Waals surface area contributed by atoms with E-state index < -0.39 is 0 Å². The first-order valence-electron chi connectivity index (χ1n) is 5.32. The number of nitrogens with zero attached hydrogens (tertiary/aromatic N) is 2. The number of hydrogen-bond acceptors (Lipinski definition) is 3. The molecule has 1 fully saturated rings. The number of nitrogens with one attached hydrogen (secondary N) is 2. The van der Waals surface area contributed by atoms with E-state index in [9.17, 15) is 0 Å². The Morgan fingerprint density at radius 1 is 1.36 bits per heavy atom. The van der Waals surface area contributed by atoms with Gasteiger partial charge in [0.15, 0.2) is 5.82 Å². The average Bonchev–Trinajstić information content (AvgIpc) is 2.61. The van der Waals surface area contributed by atoms with Gasteiger partial charge >= 0.3 is 0 Å². The minimum absolute atomic E-state index is 1.03. The van der Waals surface area contributed by atoms with E-state index in [1.165, 1.54) is 11.3 Å². The second kappa shape index (κ2) is 4.00. The third-order valence-corrected chi connectivity index (χ3v) is 2.85. The Balaban J connectivity index is 2.18. The van der Waals surface area contributed by atoms with Crippen LogP contribution >= 0.6 is 0 Å². The molecular formula is C10H18N4. The fourth-order valence-electron chi connectivity index (χ4n) is 1.95. The molecule has 2 rings (SSSR count). The second-order valence-corrected chi connectivity index (χ2v) is 3.74. The van der Waals surface area contributed by atoms with Gasteiger partial charge in [0, 0.05) is 37.4 Å². The van der Waals surface area contributed by atoms with E-state index in [1.807, 2.05) is 0 Å². The number of aromatic nitrogens is 2. The molecule has 1 saturated heterocycles. The van der Waals surface area contributed by atoms with Gasteiger partial charge in [-0.05, 0) is 13.3 Å². The molecule has 0 amide bonds. The predicted octanol–water partition coefficient (Wildman–Crippen LogP) is 0.690. The number of hydrogen-bond donors (Lipinski definition) is 2. The second-order valence-electron chi connectivity index (χ2n) is 3.74. The molecular weight excluding hydrogens is 176 g/mol. The van der Waals surface area contributed by atoms with E-state index in [4.69, 9.17) is 0 Å². The highest BCUT2D eigenvalue weighted by atomic mass is 15.3. The summed E-state index contributed by atoms with van der Waals surface area (Å²) < 4.78 is 0. The monoisotopic (exact) mass is 194 g/mol.